The molecule has 1 aliphatic heterocycles. The fourth-order valence-electron chi connectivity index (χ4n) is 3.68. The van der Waals surface area contributed by atoms with Crippen LogP contribution in [0.1, 0.15) is 23.0 Å². The van der Waals surface area contributed by atoms with E-state index in [1.807, 2.05) is 12.3 Å². The SMILES string of the molecule is Cc1csc2nc(C[NH2+][C@H](C[NH+]3CCOCC3)c3ccccc3)cc(=O)n12. The zero-order chi connectivity index (χ0) is 18.6. The van der Waals surface area contributed by atoms with Gasteiger partial charge in [0.2, 0.25) is 0 Å². The monoisotopic (exact) mass is 386 g/mol. The molecule has 142 valence electrons. The fraction of sp³-hybridized carbons (Fsp3) is 0.400. The molecule has 3 aromatic rings. The first-order valence-corrected chi connectivity index (χ1v) is 10.3. The zero-order valence-corrected chi connectivity index (χ0v) is 16.4. The summed E-state index contributed by atoms with van der Waals surface area (Å²) in [7, 11) is 0. The number of quaternary nitrogens is 2. The minimum Gasteiger partial charge on any atom is -0.370 e. The van der Waals surface area contributed by atoms with Crippen LogP contribution in [0, 0.1) is 6.92 Å². The summed E-state index contributed by atoms with van der Waals surface area (Å²) in [5, 5.41) is 4.29. The maximum atomic E-state index is 12.4. The molecule has 0 amide bonds. The van der Waals surface area contributed by atoms with Gasteiger partial charge in [-0.05, 0) is 6.92 Å². The molecule has 3 N–H and O–H groups in total. The summed E-state index contributed by atoms with van der Waals surface area (Å²) in [4.78, 5) is 19.5. The van der Waals surface area contributed by atoms with Gasteiger partial charge in [0.25, 0.3) is 5.56 Å². The van der Waals surface area contributed by atoms with Crippen molar-refractivity contribution >= 4 is 16.3 Å². The van der Waals surface area contributed by atoms with Gasteiger partial charge in [-0.25, -0.2) is 4.98 Å². The highest BCUT2D eigenvalue weighted by Gasteiger charge is 2.24. The predicted molar refractivity (Wildman–Crippen MR) is 105 cm³/mol. The number of nitrogens with two attached hydrogens (primary N) is 1. The molecule has 3 heterocycles. The van der Waals surface area contributed by atoms with Crippen LogP contribution < -0.4 is 15.8 Å². The summed E-state index contributed by atoms with van der Waals surface area (Å²) in [6.45, 7) is 7.47. The number of fused-ring (bicyclic) bond motifs is 1. The van der Waals surface area contributed by atoms with Crippen molar-refractivity contribution in [3.63, 3.8) is 0 Å². The lowest BCUT2D eigenvalue weighted by atomic mass is 10.1. The third-order valence-electron chi connectivity index (χ3n) is 5.18. The van der Waals surface area contributed by atoms with Gasteiger partial charge in [-0.3, -0.25) is 9.20 Å². The van der Waals surface area contributed by atoms with Crippen molar-refractivity contribution < 1.29 is 15.0 Å². The third kappa shape index (κ3) is 4.27. The molecular formula is C20H26N4O2S+2. The average molecular weight is 387 g/mol. The quantitative estimate of drug-likeness (QED) is 0.616. The molecule has 1 fully saturated rings. The molecule has 4 rings (SSSR count). The van der Waals surface area contributed by atoms with Gasteiger partial charge in [0.05, 0.1) is 13.2 Å². The van der Waals surface area contributed by atoms with Crippen LogP contribution in [0.15, 0.2) is 46.6 Å². The van der Waals surface area contributed by atoms with E-state index in [0.29, 0.717) is 12.6 Å². The molecule has 27 heavy (non-hydrogen) atoms. The first-order valence-electron chi connectivity index (χ1n) is 9.47. The molecule has 0 saturated carbocycles. The summed E-state index contributed by atoms with van der Waals surface area (Å²) >= 11 is 1.52. The molecule has 0 bridgehead atoms. The van der Waals surface area contributed by atoms with E-state index in [2.05, 4.69) is 35.6 Å². The number of rotatable bonds is 6. The third-order valence-corrected chi connectivity index (χ3v) is 6.12. The fourth-order valence-corrected chi connectivity index (χ4v) is 4.57. The molecule has 7 heteroatoms. The number of hydrogen-bond acceptors (Lipinski definition) is 4. The van der Waals surface area contributed by atoms with E-state index in [9.17, 15) is 4.79 Å². The molecule has 0 spiro atoms. The lowest BCUT2D eigenvalue weighted by Gasteiger charge is -2.27. The number of aryl methyl sites for hydroxylation is 1. The molecule has 1 aliphatic rings. The number of ether oxygens (including phenoxy) is 1. The van der Waals surface area contributed by atoms with Crippen molar-refractivity contribution in [2.24, 2.45) is 0 Å². The Morgan fingerprint density at radius 1 is 1.30 bits per heavy atom. The molecule has 1 aromatic carbocycles. The Balaban J connectivity index is 1.52. The van der Waals surface area contributed by atoms with Gasteiger partial charge < -0.3 is 15.0 Å². The number of nitrogens with one attached hydrogen (secondary N) is 1. The van der Waals surface area contributed by atoms with Crippen molar-refractivity contribution in [3.8, 4) is 0 Å². The lowest BCUT2D eigenvalue weighted by molar-refractivity contribution is -0.929. The lowest BCUT2D eigenvalue weighted by Crippen LogP contribution is -3.16. The van der Waals surface area contributed by atoms with Gasteiger partial charge in [-0.1, -0.05) is 30.3 Å². The normalized spacial score (nSPS) is 16.6. The molecule has 1 saturated heterocycles. The van der Waals surface area contributed by atoms with Gasteiger partial charge >= 0.3 is 0 Å². The Kier molecular flexibility index (Phi) is 5.63. The number of morpholine rings is 1. The van der Waals surface area contributed by atoms with Crippen LogP contribution >= 0.6 is 11.3 Å². The number of aromatic nitrogens is 2. The van der Waals surface area contributed by atoms with Gasteiger partial charge in [0, 0.05) is 22.7 Å². The number of benzene rings is 1. The van der Waals surface area contributed by atoms with Crippen LogP contribution in [0.3, 0.4) is 0 Å². The summed E-state index contributed by atoms with van der Waals surface area (Å²) in [6, 6.07) is 12.6. The topological polar surface area (TPSA) is 64.7 Å². The molecule has 0 unspecified atom stereocenters. The van der Waals surface area contributed by atoms with E-state index >= 15 is 0 Å². The molecular weight excluding hydrogens is 360 g/mol. The van der Waals surface area contributed by atoms with Gasteiger partial charge in [-0.2, -0.15) is 0 Å². The molecule has 6 nitrogen and oxygen atoms in total. The Morgan fingerprint density at radius 3 is 2.85 bits per heavy atom. The summed E-state index contributed by atoms with van der Waals surface area (Å²) in [5.41, 5.74) is 3.12. The van der Waals surface area contributed by atoms with E-state index < -0.39 is 0 Å². The van der Waals surface area contributed by atoms with Crippen LogP contribution in [-0.4, -0.2) is 42.2 Å². The molecule has 2 aromatic heterocycles. The van der Waals surface area contributed by atoms with Crippen LogP contribution in [0.2, 0.25) is 0 Å². The highest BCUT2D eigenvalue weighted by atomic mass is 32.1. The second kappa shape index (κ2) is 8.31. The maximum absolute atomic E-state index is 12.4. The highest BCUT2D eigenvalue weighted by molar-refractivity contribution is 7.15. The number of thiazole rings is 1. The van der Waals surface area contributed by atoms with Crippen molar-refractivity contribution in [2.75, 3.05) is 32.8 Å². The first kappa shape index (κ1) is 18.3. The minimum atomic E-state index is 0.0113. The second-order valence-electron chi connectivity index (χ2n) is 7.10. The summed E-state index contributed by atoms with van der Waals surface area (Å²) < 4.78 is 7.18. The zero-order valence-electron chi connectivity index (χ0n) is 15.6. The predicted octanol–water partition coefficient (Wildman–Crippen LogP) is -0.216. The Bertz CT molecular complexity index is 948. The standard InChI is InChI=1S/C20H24N4O2S/c1-15-14-27-20-22-17(11-19(25)24(15)20)12-21-18(16-5-3-2-4-6-16)13-23-7-9-26-10-8-23/h2-6,11,14,18,21H,7-10,12-13H2,1H3/p+2/t18-/m1/s1. The van der Waals surface area contributed by atoms with E-state index in [-0.39, 0.29) is 5.56 Å². The molecule has 1 atom stereocenters. The highest BCUT2D eigenvalue weighted by Crippen LogP contribution is 2.11. The molecule has 0 radical (unpaired) electrons. The van der Waals surface area contributed by atoms with E-state index in [0.717, 1.165) is 49.2 Å². The Labute approximate surface area is 162 Å². The minimum absolute atomic E-state index is 0.0113. The Morgan fingerprint density at radius 2 is 2.07 bits per heavy atom. The van der Waals surface area contributed by atoms with E-state index in [1.54, 1.807) is 15.4 Å². The van der Waals surface area contributed by atoms with Gasteiger partial charge in [-0.15, -0.1) is 11.3 Å². The summed E-state index contributed by atoms with van der Waals surface area (Å²) in [6.07, 6.45) is 0. The van der Waals surface area contributed by atoms with Gasteiger partial charge in [0.15, 0.2) is 11.0 Å². The van der Waals surface area contributed by atoms with Crippen LogP contribution in [0.25, 0.3) is 4.96 Å². The maximum Gasteiger partial charge on any atom is 0.259 e. The van der Waals surface area contributed by atoms with Crippen molar-refractivity contribution in [1.82, 2.24) is 9.38 Å². The van der Waals surface area contributed by atoms with Crippen molar-refractivity contribution in [1.29, 1.82) is 0 Å². The van der Waals surface area contributed by atoms with Crippen LogP contribution in [0.5, 0.6) is 0 Å². The second-order valence-corrected chi connectivity index (χ2v) is 7.94. The van der Waals surface area contributed by atoms with Gasteiger partial charge in [0.1, 0.15) is 31.9 Å². The van der Waals surface area contributed by atoms with Crippen molar-refractivity contribution in [3.05, 3.63) is 69.1 Å². The first-order chi connectivity index (χ1) is 13.2. The largest absolute Gasteiger partial charge is 0.370 e. The Hall–Kier alpha value is -2.06. The smallest absolute Gasteiger partial charge is 0.259 e. The number of nitrogens with zero attached hydrogens (tertiary/aromatic N) is 2. The van der Waals surface area contributed by atoms with Crippen LogP contribution in [-0.2, 0) is 11.3 Å². The van der Waals surface area contributed by atoms with E-state index in [4.69, 9.17) is 9.72 Å². The van der Waals surface area contributed by atoms with Crippen LogP contribution in [0.4, 0.5) is 0 Å². The number of hydrogen-bond donors (Lipinski definition) is 2. The van der Waals surface area contributed by atoms with E-state index in [1.165, 1.54) is 16.9 Å². The van der Waals surface area contributed by atoms with Crippen molar-refractivity contribution in [2.45, 2.75) is 19.5 Å². The summed E-state index contributed by atoms with van der Waals surface area (Å²) in [5.74, 6) is 0. The molecule has 0 aliphatic carbocycles. The average Bonchev–Trinajstić information content (AvgIpc) is 3.08.